The molecule has 0 radical (unpaired) electrons. The average Bonchev–Trinajstić information content (AvgIpc) is 3.30. The number of thioether (sulfide) groups is 1. The van der Waals surface area contributed by atoms with Gasteiger partial charge in [-0.15, -0.1) is 11.8 Å². The molecule has 0 aliphatic carbocycles. The largest absolute Gasteiger partial charge is 0.350 e. The van der Waals surface area contributed by atoms with E-state index in [9.17, 15) is 4.79 Å². The Balaban J connectivity index is 1.55. The summed E-state index contributed by atoms with van der Waals surface area (Å²) in [7, 11) is 2.07. The summed E-state index contributed by atoms with van der Waals surface area (Å²) in [6.07, 6.45) is 8.68. The molecule has 1 amide bonds. The van der Waals surface area contributed by atoms with Crippen molar-refractivity contribution in [3.05, 3.63) is 54.7 Å². The van der Waals surface area contributed by atoms with Gasteiger partial charge in [-0.05, 0) is 12.5 Å². The van der Waals surface area contributed by atoms with Gasteiger partial charge in [0.05, 0.1) is 12.1 Å². The minimum atomic E-state index is 0.117. The number of amides is 1. The first-order valence-electron chi connectivity index (χ1n) is 8.15. The molecule has 0 saturated carbocycles. The van der Waals surface area contributed by atoms with Crippen LogP contribution < -0.4 is 0 Å². The molecule has 1 aliphatic rings. The molecule has 6 heteroatoms. The van der Waals surface area contributed by atoms with E-state index >= 15 is 0 Å². The van der Waals surface area contributed by atoms with Crippen molar-refractivity contribution >= 4 is 28.6 Å². The van der Waals surface area contributed by atoms with Crippen molar-refractivity contribution in [1.29, 1.82) is 0 Å². The lowest BCUT2D eigenvalue weighted by Crippen LogP contribution is -2.29. The monoisotopic (exact) mass is 340 g/mol. The lowest BCUT2D eigenvalue weighted by atomic mass is 10.1. The molecule has 0 N–H and O–H groups in total. The van der Waals surface area contributed by atoms with Gasteiger partial charge in [-0.2, -0.15) is 0 Å². The third-order valence-corrected chi connectivity index (χ3v) is 5.77. The fourth-order valence-corrected chi connectivity index (χ4v) is 4.60. The van der Waals surface area contributed by atoms with E-state index in [2.05, 4.69) is 51.6 Å². The van der Waals surface area contributed by atoms with Crippen LogP contribution >= 0.6 is 11.8 Å². The molecule has 0 bridgehead atoms. The van der Waals surface area contributed by atoms with Crippen molar-refractivity contribution < 1.29 is 4.79 Å². The second-order valence-corrected chi connectivity index (χ2v) is 7.19. The van der Waals surface area contributed by atoms with E-state index in [1.165, 1.54) is 16.5 Å². The summed E-state index contributed by atoms with van der Waals surface area (Å²) in [5.41, 5.74) is 2.46. The van der Waals surface area contributed by atoms with E-state index in [0.29, 0.717) is 5.75 Å². The SMILES string of the molecule is Cn1cc(C2SCC(=O)N2CCCn2ccnc2)c2ccccc21. The van der Waals surface area contributed by atoms with Crippen molar-refractivity contribution in [1.82, 2.24) is 19.0 Å². The number of hydrogen-bond donors (Lipinski definition) is 0. The van der Waals surface area contributed by atoms with Crippen LogP contribution in [0.25, 0.3) is 10.9 Å². The number of hydrogen-bond acceptors (Lipinski definition) is 3. The van der Waals surface area contributed by atoms with Gasteiger partial charge in [-0.3, -0.25) is 4.79 Å². The Morgan fingerprint density at radius 3 is 3.00 bits per heavy atom. The van der Waals surface area contributed by atoms with Gasteiger partial charge in [0.1, 0.15) is 5.37 Å². The topological polar surface area (TPSA) is 43.1 Å². The second kappa shape index (κ2) is 6.36. The summed E-state index contributed by atoms with van der Waals surface area (Å²) in [6.45, 7) is 1.66. The van der Waals surface area contributed by atoms with Crippen molar-refractivity contribution in [2.24, 2.45) is 7.05 Å². The highest BCUT2D eigenvalue weighted by Gasteiger charge is 2.34. The molecule has 3 aromatic rings. The zero-order valence-electron chi connectivity index (χ0n) is 13.6. The average molecular weight is 340 g/mol. The van der Waals surface area contributed by atoms with Gasteiger partial charge < -0.3 is 14.0 Å². The van der Waals surface area contributed by atoms with E-state index in [4.69, 9.17) is 0 Å². The zero-order valence-corrected chi connectivity index (χ0v) is 14.4. The maximum atomic E-state index is 12.4. The molecule has 1 saturated heterocycles. The molecule has 4 rings (SSSR count). The highest BCUT2D eigenvalue weighted by atomic mass is 32.2. The van der Waals surface area contributed by atoms with Crippen LogP contribution in [0.15, 0.2) is 49.2 Å². The fourth-order valence-electron chi connectivity index (χ4n) is 3.37. The minimum absolute atomic E-state index is 0.117. The Bertz CT molecular complexity index is 855. The summed E-state index contributed by atoms with van der Waals surface area (Å²) < 4.78 is 4.21. The Morgan fingerprint density at radius 1 is 1.29 bits per heavy atom. The summed E-state index contributed by atoms with van der Waals surface area (Å²) >= 11 is 1.73. The van der Waals surface area contributed by atoms with Crippen LogP contribution in [0.4, 0.5) is 0 Å². The van der Waals surface area contributed by atoms with E-state index in [1.54, 1.807) is 18.0 Å². The molecule has 0 spiro atoms. The number of aryl methyl sites for hydroxylation is 2. The quantitative estimate of drug-likeness (QED) is 0.717. The number of para-hydroxylation sites is 1. The van der Waals surface area contributed by atoms with Crippen LogP contribution in [0.3, 0.4) is 0 Å². The second-order valence-electron chi connectivity index (χ2n) is 6.12. The molecule has 1 fully saturated rings. The van der Waals surface area contributed by atoms with E-state index < -0.39 is 0 Å². The molecule has 1 aromatic carbocycles. The van der Waals surface area contributed by atoms with E-state index in [1.807, 2.05) is 17.4 Å². The third kappa shape index (κ3) is 2.71. The molecule has 1 aliphatic heterocycles. The Labute approximate surface area is 145 Å². The number of aromatic nitrogens is 3. The summed E-state index contributed by atoms with van der Waals surface area (Å²) in [6, 6.07) is 8.40. The van der Waals surface area contributed by atoms with Gasteiger partial charge >= 0.3 is 0 Å². The number of carbonyl (C=O) groups is 1. The van der Waals surface area contributed by atoms with Crippen LogP contribution in [0, 0.1) is 0 Å². The first-order valence-corrected chi connectivity index (χ1v) is 9.19. The minimum Gasteiger partial charge on any atom is -0.350 e. The summed E-state index contributed by atoms with van der Waals surface area (Å²) in [5, 5.41) is 1.36. The van der Waals surface area contributed by atoms with Crippen LogP contribution in [0.5, 0.6) is 0 Å². The normalized spacial score (nSPS) is 18.0. The van der Waals surface area contributed by atoms with E-state index in [-0.39, 0.29) is 11.3 Å². The molecule has 1 atom stereocenters. The molecular weight excluding hydrogens is 320 g/mol. The van der Waals surface area contributed by atoms with Crippen molar-refractivity contribution in [3.8, 4) is 0 Å². The van der Waals surface area contributed by atoms with Crippen LogP contribution in [-0.4, -0.2) is 37.2 Å². The Hall–Kier alpha value is -2.21. The summed E-state index contributed by atoms with van der Waals surface area (Å²) in [5.74, 6) is 0.808. The predicted octanol–water partition coefficient (Wildman–Crippen LogP) is 3.04. The smallest absolute Gasteiger partial charge is 0.233 e. The van der Waals surface area contributed by atoms with Crippen LogP contribution in [0.1, 0.15) is 17.4 Å². The molecule has 1 unspecified atom stereocenters. The molecular formula is C18H20N4OS. The molecule has 2 aromatic heterocycles. The number of fused-ring (bicyclic) bond motifs is 1. The summed E-state index contributed by atoms with van der Waals surface area (Å²) in [4.78, 5) is 18.5. The van der Waals surface area contributed by atoms with Crippen molar-refractivity contribution in [2.75, 3.05) is 12.3 Å². The zero-order chi connectivity index (χ0) is 16.5. The molecule has 124 valence electrons. The van der Waals surface area contributed by atoms with Crippen LogP contribution in [0.2, 0.25) is 0 Å². The maximum Gasteiger partial charge on any atom is 0.233 e. The number of rotatable bonds is 5. The lowest BCUT2D eigenvalue weighted by molar-refractivity contribution is -0.128. The Morgan fingerprint density at radius 2 is 2.17 bits per heavy atom. The molecule has 24 heavy (non-hydrogen) atoms. The van der Waals surface area contributed by atoms with E-state index in [0.717, 1.165) is 19.5 Å². The van der Waals surface area contributed by atoms with Gasteiger partial charge in [-0.25, -0.2) is 4.98 Å². The first kappa shape index (κ1) is 15.3. The van der Waals surface area contributed by atoms with Gasteiger partial charge in [0.15, 0.2) is 0 Å². The highest BCUT2D eigenvalue weighted by Crippen LogP contribution is 2.42. The van der Waals surface area contributed by atoms with Crippen molar-refractivity contribution in [3.63, 3.8) is 0 Å². The fraction of sp³-hybridized carbons (Fsp3) is 0.333. The third-order valence-electron chi connectivity index (χ3n) is 4.54. The van der Waals surface area contributed by atoms with Gasteiger partial charge in [-0.1, -0.05) is 18.2 Å². The maximum absolute atomic E-state index is 12.4. The van der Waals surface area contributed by atoms with Gasteiger partial charge in [0, 0.05) is 55.2 Å². The molecule has 3 heterocycles. The number of imidazole rings is 1. The number of nitrogens with zero attached hydrogens (tertiary/aromatic N) is 4. The number of benzene rings is 1. The lowest BCUT2D eigenvalue weighted by Gasteiger charge is -2.23. The standard InChI is InChI=1S/C18H20N4OS/c1-20-11-15(14-5-2-3-6-16(14)20)18-22(17(23)12-24-18)9-4-8-21-10-7-19-13-21/h2-3,5-7,10-11,13,18H,4,8-9,12H2,1H3. The Kier molecular flexibility index (Phi) is 4.06. The van der Waals surface area contributed by atoms with Crippen LogP contribution in [-0.2, 0) is 18.4 Å². The highest BCUT2D eigenvalue weighted by molar-refractivity contribution is 8.00. The molecule has 5 nitrogen and oxygen atoms in total. The van der Waals surface area contributed by atoms with Crippen molar-refractivity contribution in [2.45, 2.75) is 18.3 Å². The number of carbonyl (C=O) groups excluding carboxylic acids is 1. The van der Waals surface area contributed by atoms with Gasteiger partial charge in [0.2, 0.25) is 5.91 Å². The predicted molar refractivity (Wildman–Crippen MR) is 96.7 cm³/mol. The first-order chi connectivity index (χ1) is 11.7. The van der Waals surface area contributed by atoms with Gasteiger partial charge in [0.25, 0.3) is 0 Å².